The van der Waals surface area contributed by atoms with Gasteiger partial charge in [-0.3, -0.25) is 0 Å². The van der Waals surface area contributed by atoms with Gasteiger partial charge in [0.1, 0.15) is 5.01 Å². The standard InChI is InChI=1S/C19H20BNO2S/c1-18(2)19(3,4)23-20(22-18)14-11-9-13(10-12-14)17-21-15-7-5-6-8-16(15)24-17/h5-12H,1-4H3. The van der Waals surface area contributed by atoms with Crippen LogP contribution in [0.15, 0.2) is 48.5 Å². The van der Waals surface area contributed by atoms with Crippen LogP contribution in [0.5, 0.6) is 0 Å². The first-order valence-corrected chi connectivity index (χ1v) is 8.99. The quantitative estimate of drug-likeness (QED) is 0.655. The maximum atomic E-state index is 6.11. The summed E-state index contributed by atoms with van der Waals surface area (Å²) >= 11 is 1.71. The van der Waals surface area contributed by atoms with E-state index in [2.05, 4.69) is 58.0 Å². The van der Waals surface area contributed by atoms with Crippen molar-refractivity contribution in [3.05, 3.63) is 48.5 Å². The fourth-order valence-corrected chi connectivity index (χ4v) is 3.73. The minimum atomic E-state index is -0.320. The summed E-state index contributed by atoms with van der Waals surface area (Å²) in [5, 5.41) is 1.04. The fourth-order valence-electron chi connectivity index (χ4n) is 2.76. The third-order valence-electron chi connectivity index (χ3n) is 4.98. The Morgan fingerprint density at radius 1 is 0.875 bits per heavy atom. The Morgan fingerprint density at radius 3 is 2.12 bits per heavy atom. The topological polar surface area (TPSA) is 31.4 Å². The van der Waals surface area contributed by atoms with Crippen LogP contribution in [0.3, 0.4) is 0 Å². The number of benzene rings is 2. The molecule has 122 valence electrons. The van der Waals surface area contributed by atoms with Crippen molar-refractivity contribution in [1.29, 1.82) is 0 Å². The molecule has 3 aromatic rings. The van der Waals surface area contributed by atoms with E-state index in [1.165, 1.54) is 4.70 Å². The lowest BCUT2D eigenvalue weighted by Gasteiger charge is -2.32. The van der Waals surface area contributed by atoms with Crippen molar-refractivity contribution in [3.63, 3.8) is 0 Å². The molecule has 0 bridgehead atoms. The van der Waals surface area contributed by atoms with E-state index in [1.54, 1.807) is 11.3 Å². The van der Waals surface area contributed by atoms with Crippen molar-refractivity contribution in [1.82, 2.24) is 4.98 Å². The van der Waals surface area contributed by atoms with Crippen molar-refractivity contribution < 1.29 is 9.31 Å². The predicted molar refractivity (Wildman–Crippen MR) is 101 cm³/mol. The molecule has 2 aromatic carbocycles. The molecule has 1 aliphatic rings. The number of para-hydroxylation sites is 1. The minimum absolute atomic E-state index is 0.316. The molecule has 0 N–H and O–H groups in total. The number of thiazole rings is 1. The Kier molecular flexibility index (Phi) is 3.57. The molecule has 0 amide bonds. The molecule has 1 saturated heterocycles. The molecule has 2 heterocycles. The van der Waals surface area contributed by atoms with Gasteiger partial charge in [-0.15, -0.1) is 11.3 Å². The van der Waals surface area contributed by atoms with E-state index in [1.807, 2.05) is 18.2 Å². The molecule has 5 heteroatoms. The van der Waals surface area contributed by atoms with E-state index in [9.17, 15) is 0 Å². The van der Waals surface area contributed by atoms with Crippen LogP contribution in [0.1, 0.15) is 27.7 Å². The predicted octanol–water partition coefficient (Wildman–Crippen LogP) is 4.26. The van der Waals surface area contributed by atoms with Crippen LogP contribution in [-0.2, 0) is 9.31 Å². The summed E-state index contributed by atoms with van der Waals surface area (Å²) in [6, 6.07) is 16.6. The van der Waals surface area contributed by atoms with Gasteiger partial charge in [0.2, 0.25) is 0 Å². The summed E-state index contributed by atoms with van der Waals surface area (Å²) < 4.78 is 13.4. The summed E-state index contributed by atoms with van der Waals surface area (Å²) in [6.07, 6.45) is 0. The van der Waals surface area contributed by atoms with E-state index in [-0.39, 0.29) is 18.3 Å². The van der Waals surface area contributed by atoms with Crippen molar-refractivity contribution in [2.45, 2.75) is 38.9 Å². The minimum Gasteiger partial charge on any atom is -0.399 e. The maximum Gasteiger partial charge on any atom is 0.494 e. The van der Waals surface area contributed by atoms with Crippen LogP contribution in [0, 0.1) is 0 Å². The Morgan fingerprint density at radius 2 is 1.50 bits per heavy atom. The first-order valence-electron chi connectivity index (χ1n) is 8.17. The van der Waals surface area contributed by atoms with Gasteiger partial charge in [0.05, 0.1) is 21.4 Å². The van der Waals surface area contributed by atoms with E-state index < -0.39 is 0 Å². The molecule has 0 unspecified atom stereocenters. The van der Waals surface area contributed by atoms with E-state index in [4.69, 9.17) is 14.3 Å². The summed E-state index contributed by atoms with van der Waals surface area (Å²) in [4.78, 5) is 4.71. The Hall–Kier alpha value is -1.69. The van der Waals surface area contributed by atoms with Crippen LogP contribution in [-0.4, -0.2) is 23.3 Å². The zero-order valence-corrected chi connectivity index (χ0v) is 15.2. The molecule has 1 fully saturated rings. The van der Waals surface area contributed by atoms with E-state index in [0.29, 0.717) is 0 Å². The van der Waals surface area contributed by atoms with Crippen molar-refractivity contribution in [2.75, 3.05) is 0 Å². The molecule has 0 spiro atoms. The lowest BCUT2D eigenvalue weighted by Crippen LogP contribution is -2.41. The number of nitrogens with zero attached hydrogens (tertiary/aromatic N) is 1. The van der Waals surface area contributed by atoms with Crippen molar-refractivity contribution in [3.8, 4) is 10.6 Å². The van der Waals surface area contributed by atoms with Gasteiger partial charge in [0.15, 0.2) is 0 Å². The molecule has 0 atom stereocenters. The summed E-state index contributed by atoms with van der Waals surface area (Å²) in [7, 11) is -0.320. The first kappa shape index (κ1) is 15.8. The molecule has 1 aromatic heterocycles. The van der Waals surface area contributed by atoms with Gasteiger partial charge >= 0.3 is 7.12 Å². The van der Waals surface area contributed by atoms with Gasteiger partial charge in [0.25, 0.3) is 0 Å². The number of aromatic nitrogens is 1. The van der Waals surface area contributed by atoms with Gasteiger partial charge in [-0.25, -0.2) is 4.98 Å². The average Bonchev–Trinajstić information content (AvgIpc) is 3.06. The fraction of sp³-hybridized carbons (Fsp3) is 0.316. The molecule has 0 radical (unpaired) electrons. The number of hydrogen-bond donors (Lipinski definition) is 0. The van der Waals surface area contributed by atoms with Gasteiger partial charge in [-0.05, 0) is 45.3 Å². The highest BCUT2D eigenvalue weighted by Gasteiger charge is 2.51. The second-order valence-corrected chi connectivity index (χ2v) is 8.23. The van der Waals surface area contributed by atoms with Crippen LogP contribution in [0.25, 0.3) is 20.8 Å². The monoisotopic (exact) mass is 337 g/mol. The molecule has 0 saturated carbocycles. The smallest absolute Gasteiger partial charge is 0.399 e. The lowest BCUT2D eigenvalue weighted by molar-refractivity contribution is 0.00578. The average molecular weight is 337 g/mol. The van der Waals surface area contributed by atoms with Gasteiger partial charge in [0, 0.05) is 5.56 Å². The molecule has 4 rings (SSSR count). The molecule has 24 heavy (non-hydrogen) atoms. The van der Waals surface area contributed by atoms with Crippen molar-refractivity contribution >= 4 is 34.1 Å². The zero-order valence-electron chi connectivity index (χ0n) is 14.4. The Balaban J connectivity index is 1.61. The van der Waals surface area contributed by atoms with Gasteiger partial charge in [-0.2, -0.15) is 0 Å². The van der Waals surface area contributed by atoms with E-state index >= 15 is 0 Å². The number of rotatable bonds is 2. The van der Waals surface area contributed by atoms with Crippen LogP contribution in [0.2, 0.25) is 0 Å². The molecule has 0 aliphatic carbocycles. The Bertz CT molecular complexity index is 837. The first-order chi connectivity index (χ1) is 11.4. The summed E-state index contributed by atoms with van der Waals surface area (Å²) in [5.41, 5.74) is 2.58. The number of hydrogen-bond acceptors (Lipinski definition) is 4. The molecule has 3 nitrogen and oxygen atoms in total. The SMILES string of the molecule is CC1(C)OB(c2ccc(-c3nc4ccccc4s3)cc2)OC1(C)C. The second-order valence-electron chi connectivity index (χ2n) is 7.20. The third kappa shape index (κ3) is 2.57. The van der Waals surface area contributed by atoms with Gasteiger partial charge < -0.3 is 9.31 Å². The highest BCUT2D eigenvalue weighted by molar-refractivity contribution is 7.21. The molecule has 1 aliphatic heterocycles. The largest absolute Gasteiger partial charge is 0.494 e. The van der Waals surface area contributed by atoms with Crippen molar-refractivity contribution in [2.24, 2.45) is 0 Å². The van der Waals surface area contributed by atoms with Crippen LogP contribution < -0.4 is 5.46 Å². The van der Waals surface area contributed by atoms with Gasteiger partial charge in [-0.1, -0.05) is 36.4 Å². The Labute approximate surface area is 146 Å². The van der Waals surface area contributed by atoms with Crippen LogP contribution >= 0.6 is 11.3 Å². The van der Waals surface area contributed by atoms with E-state index in [0.717, 1.165) is 21.6 Å². The normalized spacial score (nSPS) is 19.1. The maximum absolute atomic E-state index is 6.11. The second kappa shape index (κ2) is 5.41. The lowest BCUT2D eigenvalue weighted by atomic mass is 9.79. The summed E-state index contributed by atoms with van der Waals surface area (Å²) in [6.45, 7) is 8.29. The highest BCUT2D eigenvalue weighted by Crippen LogP contribution is 2.36. The van der Waals surface area contributed by atoms with Crippen LogP contribution in [0.4, 0.5) is 0 Å². The summed E-state index contributed by atoms with van der Waals surface area (Å²) in [5.74, 6) is 0. The molecular weight excluding hydrogens is 317 g/mol. The zero-order chi connectivity index (χ0) is 16.9. The molecular formula is C19H20BNO2S. The third-order valence-corrected chi connectivity index (χ3v) is 6.06. The number of fused-ring (bicyclic) bond motifs is 1. The highest BCUT2D eigenvalue weighted by atomic mass is 32.1.